The van der Waals surface area contributed by atoms with Gasteiger partial charge in [-0.15, -0.1) is 0 Å². The maximum Gasteiger partial charge on any atom is 0.230 e. The quantitative estimate of drug-likeness (QED) is 0.851. The van der Waals surface area contributed by atoms with Crippen molar-refractivity contribution in [3.63, 3.8) is 0 Å². The number of rotatable bonds is 4. The van der Waals surface area contributed by atoms with Crippen LogP contribution in [0.15, 0.2) is 18.2 Å². The summed E-state index contributed by atoms with van der Waals surface area (Å²) >= 11 is 0. The van der Waals surface area contributed by atoms with Crippen molar-refractivity contribution in [2.45, 2.75) is 65.4 Å². The van der Waals surface area contributed by atoms with E-state index < -0.39 is 0 Å². The molecule has 4 aliphatic rings. The molecule has 4 bridgehead atoms. The number of hydrogen-bond acceptors (Lipinski definition) is 2. The normalized spacial score (nSPS) is 33.8. The van der Waals surface area contributed by atoms with Gasteiger partial charge in [-0.05, 0) is 101 Å². The first-order chi connectivity index (χ1) is 11.4. The van der Waals surface area contributed by atoms with Crippen LogP contribution >= 0.6 is 0 Å². The van der Waals surface area contributed by atoms with Crippen molar-refractivity contribution >= 4 is 11.6 Å². The molecule has 4 aliphatic carbocycles. The van der Waals surface area contributed by atoms with Gasteiger partial charge in [0.25, 0.3) is 0 Å². The molecule has 4 saturated carbocycles. The number of carbonyl (C=O) groups excluding carboxylic acids is 1. The van der Waals surface area contributed by atoms with Gasteiger partial charge < -0.3 is 10.1 Å². The van der Waals surface area contributed by atoms with E-state index in [0.717, 1.165) is 54.0 Å². The number of amides is 1. The van der Waals surface area contributed by atoms with Crippen LogP contribution in [0.1, 0.15) is 57.9 Å². The van der Waals surface area contributed by atoms with Crippen molar-refractivity contribution < 1.29 is 9.53 Å². The molecule has 0 aromatic heterocycles. The lowest BCUT2D eigenvalue weighted by Gasteiger charge is -2.55. The fourth-order valence-electron chi connectivity index (χ4n) is 5.77. The molecule has 3 heteroatoms. The Kier molecular flexibility index (Phi) is 3.85. The standard InChI is InChI=1S/C21H29NO2/c1-13(2)24-19-5-4-18(6-14(19)3)22-20(23)21-10-15-7-16(11-21)9-17(8-15)12-21/h4-6,13,15-17H,7-12H2,1-3H3,(H,22,23). The van der Waals surface area contributed by atoms with Crippen LogP contribution in [0.3, 0.4) is 0 Å². The Morgan fingerprint density at radius 1 is 1.12 bits per heavy atom. The Morgan fingerprint density at radius 2 is 1.71 bits per heavy atom. The zero-order valence-corrected chi connectivity index (χ0v) is 15.1. The molecule has 1 N–H and O–H groups in total. The molecule has 130 valence electrons. The predicted octanol–water partition coefficient (Wildman–Crippen LogP) is 4.94. The molecule has 0 heterocycles. The summed E-state index contributed by atoms with van der Waals surface area (Å²) in [6.45, 7) is 6.10. The molecule has 0 saturated heterocycles. The van der Waals surface area contributed by atoms with Crippen molar-refractivity contribution in [3.05, 3.63) is 23.8 Å². The molecule has 0 radical (unpaired) electrons. The van der Waals surface area contributed by atoms with E-state index in [0.29, 0.717) is 0 Å². The number of aryl methyl sites for hydroxylation is 1. The average molecular weight is 327 g/mol. The van der Waals surface area contributed by atoms with Gasteiger partial charge in [-0.3, -0.25) is 4.79 Å². The second-order valence-electron chi connectivity index (χ2n) is 8.80. The molecule has 0 spiro atoms. The first kappa shape index (κ1) is 16.0. The minimum atomic E-state index is -0.0875. The molecule has 5 rings (SSSR count). The Morgan fingerprint density at radius 3 is 2.21 bits per heavy atom. The lowest BCUT2D eigenvalue weighted by atomic mass is 9.49. The third kappa shape index (κ3) is 2.82. The van der Waals surface area contributed by atoms with Crippen molar-refractivity contribution in [2.24, 2.45) is 23.2 Å². The third-order valence-electron chi connectivity index (χ3n) is 6.32. The smallest absolute Gasteiger partial charge is 0.230 e. The fourth-order valence-corrected chi connectivity index (χ4v) is 5.77. The van der Waals surface area contributed by atoms with Crippen LogP contribution in [0, 0.1) is 30.1 Å². The number of anilines is 1. The maximum atomic E-state index is 13.1. The topological polar surface area (TPSA) is 38.3 Å². The Bertz CT molecular complexity index is 614. The molecular formula is C21H29NO2. The number of nitrogens with one attached hydrogen (secondary N) is 1. The van der Waals surface area contributed by atoms with E-state index in [1.807, 2.05) is 39.0 Å². The fraction of sp³-hybridized carbons (Fsp3) is 0.667. The third-order valence-corrected chi connectivity index (χ3v) is 6.32. The monoisotopic (exact) mass is 327 g/mol. The lowest BCUT2D eigenvalue weighted by molar-refractivity contribution is -0.140. The van der Waals surface area contributed by atoms with Crippen molar-refractivity contribution in [1.29, 1.82) is 0 Å². The van der Waals surface area contributed by atoms with Gasteiger partial charge in [-0.1, -0.05) is 0 Å². The number of benzene rings is 1. The maximum absolute atomic E-state index is 13.1. The average Bonchev–Trinajstić information content (AvgIpc) is 2.48. The lowest BCUT2D eigenvalue weighted by Crippen LogP contribution is -2.51. The minimum absolute atomic E-state index is 0.0875. The van der Waals surface area contributed by atoms with Gasteiger partial charge in [-0.25, -0.2) is 0 Å². The number of hydrogen-bond donors (Lipinski definition) is 1. The summed E-state index contributed by atoms with van der Waals surface area (Å²) in [4.78, 5) is 13.1. The summed E-state index contributed by atoms with van der Waals surface area (Å²) in [5.41, 5.74) is 1.90. The number of ether oxygens (including phenoxy) is 1. The molecule has 1 aromatic carbocycles. The van der Waals surface area contributed by atoms with Crippen LogP contribution in [-0.2, 0) is 4.79 Å². The predicted molar refractivity (Wildman–Crippen MR) is 96.2 cm³/mol. The van der Waals surface area contributed by atoms with Gasteiger partial charge in [0, 0.05) is 5.69 Å². The Labute approximate surface area is 145 Å². The second kappa shape index (κ2) is 5.79. The van der Waals surface area contributed by atoms with Crippen LogP contribution in [0.25, 0.3) is 0 Å². The van der Waals surface area contributed by atoms with Gasteiger partial charge in [-0.2, -0.15) is 0 Å². The molecule has 4 fully saturated rings. The van der Waals surface area contributed by atoms with Crippen LogP contribution in [-0.4, -0.2) is 12.0 Å². The summed E-state index contributed by atoms with van der Waals surface area (Å²) in [6, 6.07) is 5.99. The summed E-state index contributed by atoms with van der Waals surface area (Å²) in [6.07, 6.45) is 7.60. The molecular weight excluding hydrogens is 298 g/mol. The van der Waals surface area contributed by atoms with E-state index >= 15 is 0 Å². The molecule has 0 aliphatic heterocycles. The number of carbonyl (C=O) groups is 1. The summed E-state index contributed by atoms with van der Waals surface area (Å²) in [5.74, 6) is 3.55. The minimum Gasteiger partial charge on any atom is -0.491 e. The van der Waals surface area contributed by atoms with Crippen LogP contribution < -0.4 is 10.1 Å². The van der Waals surface area contributed by atoms with E-state index in [2.05, 4.69) is 5.32 Å². The van der Waals surface area contributed by atoms with E-state index in [9.17, 15) is 4.79 Å². The molecule has 0 atom stereocenters. The molecule has 1 aromatic rings. The molecule has 3 nitrogen and oxygen atoms in total. The highest BCUT2D eigenvalue weighted by molar-refractivity contribution is 5.95. The largest absolute Gasteiger partial charge is 0.491 e. The van der Waals surface area contributed by atoms with E-state index in [1.165, 1.54) is 19.3 Å². The Balaban J connectivity index is 1.49. The van der Waals surface area contributed by atoms with E-state index in [1.54, 1.807) is 0 Å². The van der Waals surface area contributed by atoms with Crippen molar-refractivity contribution in [2.75, 3.05) is 5.32 Å². The van der Waals surface area contributed by atoms with Gasteiger partial charge in [0.05, 0.1) is 11.5 Å². The summed E-state index contributed by atoms with van der Waals surface area (Å²) in [7, 11) is 0. The molecule has 1 amide bonds. The highest BCUT2D eigenvalue weighted by Crippen LogP contribution is 2.60. The van der Waals surface area contributed by atoms with Crippen LogP contribution in [0.2, 0.25) is 0 Å². The van der Waals surface area contributed by atoms with Gasteiger partial charge in [0.15, 0.2) is 0 Å². The molecule has 0 unspecified atom stereocenters. The summed E-state index contributed by atoms with van der Waals surface area (Å²) < 4.78 is 5.79. The van der Waals surface area contributed by atoms with Gasteiger partial charge in [0.2, 0.25) is 5.91 Å². The summed E-state index contributed by atoms with van der Waals surface area (Å²) in [5, 5.41) is 3.23. The van der Waals surface area contributed by atoms with Crippen LogP contribution in [0.4, 0.5) is 5.69 Å². The zero-order valence-electron chi connectivity index (χ0n) is 15.1. The van der Waals surface area contributed by atoms with Crippen LogP contribution in [0.5, 0.6) is 5.75 Å². The first-order valence-electron chi connectivity index (χ1n) is 9.52. The second-order valence-corrected chi connectivity index (χ2v) is 8.80. The Hall–Kier alpha value is -1.51. The van der Waals surface area contributed by atoms with Crippen molar-refractivity contribution in [3.8, 4) is 5.75 Å². The molecule has 24 heavy (non-hydrogen) atoms. The van der Waals surface area contributed by atoms with Gasteiger partial charge >= 0.3 is 0 Å². The van der Waals surface area contributed by atoms with E-state index in [4.69, 9.17) is 4.74 Å². The zero-order chi connectivity index (χ0) is 16.9. The highest BCUT2D eigenvalue weighted by Gasteiger charge is 2.54. The highest BCUT2D eigenvalue weighted by atomic mass is 16.5. The van der Waals surface area contributed by atoms with Crippen molar-refractivity contribution in [1.82, 2.24) is 0 Å². The van der Waals surface area contributed by atoms with E-state index in [-0.39, 0.29) is 17.4 Å². The SMILES string of the molecule is Cc1cc(NC(=O)C23CC4CC(CC(C4)C2)C3)ccc1OC(C)C. The van der Waals surface area contributed by atoms with Gasteiger partial charge in [0.1, 0.15) is 5.75 Å². The first-order valence-corrected chi connectivity index (χ1v) is 9.52.